The van der Waals surface area contributed by atoms with Crippen molar-refractivity contribution in [1.29, 1.82) is 0 Å². The second-order valence-corrected chi connectivity index (χ2v) is 8.28. The molecule has 0 bridgehead atoms. The maximum absolute atomic E-state index is 13.7. The second kappa shape index (κ2) is 8.54. The normalized spacial score (nSPS) is 16.1. The number of aliphatic hydroxyl groups is 4. The zero-order chi connectivity index (χ0) is 25.0. The number of carbonyl (C=O) groups is 1. The zero-order valence-corrected chi connectivity index (χ0v) is 18.8. The van der Waals surface area contributed by atoms with Crippen molar-refractivity contribution < 1.29 is 44.2 Å². The lowest BCUT2D eigenvalue weighted by molar-refractivity contribution is -0.0806. The highest BCUT2D eigenvalue weighted by molar-refractivity contribution is 6.27. The molecule has 0 saturated heterocycles. The van der Waals surface area contributed by atoms with Crippen molar-refractivity contribution in [3.8, 4) is 34.3 Å². The van der Waals surface area contributed by atoms with E-state index in [-0.39, 0.29) is 40.5 Å². The van der Waals surface area contributed by atoms with Gasteiger partial charge in [0.15, 0.2) is 28.8 Å². The van der Waals surface area contributed by atoms with Crippen molar-refractivity contribution >= 4 is 16.6 Å². The molecule has 2 heterocycles. The number of aromatic nitrogens is 1. The molecule has 4 N–H and O–H groups in total. The Morgan fingerprint density at radius 3 is 2.11 bits per heavy atom. The molecule has 1 aliphatic heterocycles. The Kier molecular flexibility index (Phi) is 5.64. The Balaban J connectivity index is 1.81. The molecule has 3 atom stereocenters. The number of ketones is 1. The van der Waals surface area contributed by atoms with E-state index in [0.29, 0.717) is 28.2 Å². The zero-order valence-electron chi connectivity index (χ0n) is 18.8. The van der Waals surface area contributed by atoms with E-state index in [1.165, 1.54) is 24.9 Å². The summed E-state index contributed by atoms with van der Waals surface area (Å²) in [4.78, 5) is 27.3. The number of nitrogens with zero attached hydrogens (tertiary/aromatic N) is 1. The maximum atomic E-state index is 13.7. The van der Waals surface area contributed by atoms with Crippen molar-refractivity contribution in [2.75, 3.05) is 27.6 Å². The fourth-order valence-electron chi connectivity index (χ4n) is 4.58. The van der Waals surface area contributed by atoms with Crippen LogP contribution < -0.4 is 24.5 Å². The minimum atomic E-state index is -1.74. The lowest BCUT2D eigenvalue weighted by atomic mass is 10.0. The fraction of sp³-hybridized carbons (Fsp3) is 0.333. The molecule has 0 fully saturated rings. The van der Waals surface area contributed by atoms with Crippen LogP contribution in [0.5, 0.6) is 23.0 Å². The SMILES string of the molecule is COc1cc2c3c(n(C[C@H](O)[C@H](O)[C@H](O)CO)c(=O)c2cc1OC)-c1cc2c(cc1C3=O)OCO2. The molecule has 2 aromatic carbocycles. The molecule has 11 heteroatoms. The molecule has 35 heavy (non-hydrogen) atoms. The monoisotopic (exact) mass is 485 g/mol. The van der Waals surface area contributed by atoms with Crippen molar-refractivity contribution in [2.24, 2.45) is 0 Å². The van der Waals surface area contributed by atoms with Crippen LogP contribution >= 0.6 is 0 Å². The first-order chi connectivity index (χ1) is 16.8. The molecule has 0 amide bonds. The number of aliphatic hydroxyl groups excluding tert-OH is 4. The van der Waals surface area contributed by atoms with Crippen LogP contribution in [0.2, 0.25) is 0 Å². The highest BCUT2D eigenvalue weighted by atomic mass is 16.7. The predicted molar refractivity (Wildman–Crippen MR) is 121 cm³/mol. The van der Waals surface area contributed by atoms with E-state index >= 15 is 0 Å². The van der Waals surface area contributed by atoms with E-state index in [9.17, 15) is 24.9 Å². The van der Waals surface area contributed by atoms with Crippen LogP contribution in [0.1, 0.15) is 15.9 Å². The van der Waals surface area contributed by atoms with Crippen LogP contribution in [0, 0.1) is 0 Å². The molecule has 0 saturated carbocycles. The average Bonchev–Trinajstić information content (AvgIpc) is 3.45. The number of hydrogen-bond acceptors (Lipinski definition) is 10. The van der Waals surface area contributed by atoms with Crippen molar-refractivity contribution in [1.82, 2.24) is 4.57 Å². The number of benzene rings is 2. The van der Waals surface area contributed by atoms with Gasteiger partial charge in [0.1, 0.15) is 18.3 Å². The van der Waals surface area contributed by atoms with Crippen LogP contribution in [0.15, 0.2) is 29.1 Å². The van der Waals surface area contributed by atoms with E-state index in [4.69, 9.17) is 24.1 Å². The van der Waals surface area contributed by atoms with E-state index in [1.54, 1.807) is 18.2 Å². The number of fused-ring (bicyclic) bond motifs is 6. The molecule has 184 valence electrons. The van der Waals surface area contributed by atoms with Crippen LogP contribution in [0.3, 0.4) is 0 Å². The quantitative estimate of drug-likeness (QED) is 0.282. The highest BCUT2D eigenvalue weighted by Crippen LogP contribution is 2.46. The number of ether oxygens (including phenoxy) is 4. The summed E-state index contributed by atoms with van der Waals surface area (Å²) in [7, 11) is 2.85. The molecule has 3 aromatic rings. The number of pyridine rings is 1. The Morgan fingerprint density at radius 2 is 1.51 bits per heavy atom. The summed E-state index contributed by atoms with van der Waals surface area (Å²) in [6.45, 7) is -1.26. The summed E-state index contributed by atoms with van der Waals surface area (Å²) in [5.41, 5.74) is 0.529. The third-order valence-corrected chi connectivity index (χ3v) is 6.36. The lowest BCUT2D eigenvalue weighted by Crippen LogP contribution is -2.43. The van der Waals surface area contributed by atoms with Gasteiger partial charge in [-0.05, 0) is 24.3 Å². The topological polar surface area (TPSA) is 157 Å². The summed E-state index contributed by atoms with van der Waals surface area (Å²) in [5, 5.41) is 40.2. The fourth-order valence-corrected chi connectivity index (χ4v) is 4.58. The molecule has 2 aliphatic rings. The van der Waals surface area contributed by atoms with Gasteiger partial charge in [0.05, 0.1) is 44.0 Å². The lowest BCUT2D eigenvalue weighted by Gasteiger charge is -2.24. The van der Waals surface area contributed by atoms with Gasteiger partial charge in [-0.25, -0.2) is 0 Å². The van der Waals surface area contributed by atoms with Crippen molar-refractivity contribution in [2.45, 2.75) is 24.9 Å². The van der Waals surface area contributed by atoms with Gasteiger partial charge in [-0.3, -0.25) is 9.59 Å². The number of carbonyl (C=O) groups excluding carboxylic acids is 1. The standard InChI is InChI=1S/C24H23NO10/c1-32-16-3-10-13(6-17(16)33-2)24(31)25(7-14(27)23(30)15(28)8-26)21-11-4-18-19(35-9-34-18)5-12(11)22(29)20(10)21/h3-6,14-15,23,26-28,30H,7-9H2,1-2H3/t14-,15+,23-/m0/s1. The molecular formula is C24H23NO10. The van der Waals surface area contributed by atoms with Gasteiger partial charge in [-0.1, -0.05) is 0 Å². The first-order valence-corrected chi connectivity index (χ1v) is 10.8. The average molecular weight is 485 g/mol. The first kappa shape index (κ1) is 23.1. The summed E-state index contributed by atoms with van der Waals surface area (Å²) < 4.78 is 22.7. The van der Waals surface area contributed by atoms with E-state index in [2.05, 4.69) is 0 Å². The third-order valence-electron chi connectivity index (χ3n) is 6.36. The molecular weight excluding hydrogens is 462 g/mol. The Morgan fingerprint density at radius 1 is 0.914 bits per heavy atom. The van der Waals surface area contributed by atoms with Gasteiger partial charge in [0.2, 0.25) is 6.79 Å². The van der Waals surface area contributed by atoms with Gasteiger partial charge in [-0.15, -0.1) is 0 Å². The molecule has 1 aromatic heterocycles. The molecule has 0 unspecified atom stereocenters. The summed E-state index contributed by atoms with van der Waals surface area (Å²) in [5.74, 6) is 1.00. The highest BCUT2D eigenvalue weighted by Gasteiger charge is 2.37. The van der Waals surface area contributed by atoms with Crippen LogP contribution in [0.4, 0.5) is 0 Å². The van der Waals surface area contributed by atoms with E-state index in [1.807, 2.05) is 0 Å². The van der Waals surface area contributed by atoms with Crippen molar-refractivity contribution in [3.63, 3.8) is 0 Å². The Labute approximate surface area is 198 Å². The smallest absolute Gasteiger partial charge is 0.259 e. The Bertz CT molecular complexity index is 1410. The molecule has 0 radical (unpaired) electrons. The van der Waals surface area contributed by atoms with Crippen molar-refractivity contribution in [3.05, 3.63) is 45.7 Å². The number of methoxy groups -OCH3 is 2. The van der Waals surface area contributed by atoms with Gasteiger partial charge in [-0.2, -0.15) is 0 Å². The number of rotatable bonds is 7. The Hall–Kier alpha value is -3.64. The summed E-state index contributed by atoms with van der Waals surface area (Å²) in [6, 6.07) is 6.13. The van der Waals surface area contributed by atoms with Crippen LogP contribution in [-0.4, -0.2) is 76.7 Å². The number of hydrogen-bond donors (Lipinski definition) is 4. The van der Waals surface area contributed by atoms with Gasteiger partial charge in [0.25, 0.3) is 5.56 Å². The molecule has 1 aliphatic carbocycles. The summed E-state index contributed by atoms with van der Waals surface area (Å²) in [6.07, 6.45) is -5.00. The largest absolute Gasteiger partial charge is 0.493 e. The van der Waals surface area contributed by atoms with Gasteiger partial charge >= 0.3 is 0 Å². The minimum Gasteiger partial charge on any atom is -0.493 e. The van der Waals surface area contributed by atoms with Crippen LogP contribution in [0.25, 0.3) is 22.0 Å². The predicted octanol–water partition coefficient (Wildman–Crippen LogP) is 0.0338. The van der Waals surface area contributed by atoms with Gasteiger partial charge < -0.3 is 43.9 Å². The maximum Gasteiger partial charge on any atom is 0.259 e. The van der Waals surface area contributed by atoms with Gasteiger partial charge in [0, 0.05) is 16.5 Å². The molecule has 11 nitrogen and oxygen atoms in total. The molecule has 5 rings (SSSR count). The van der Waals surface area contributed by atoms with E-state index in [0.717, 1.165) is 0 Å². The van der Waals surface area contributed by atoms with Crippen LogP contribution in [-0.2, 0) is 6.54 Å². The summed E-state index contributed by atoms with van der Waals surface area (Å²) >= 11 is 0. The minimum absolute atomic E-state index is 0.00918. The second-order valence-electron chi connectivity index (χ2n) is 8.28. The first-order valence-electron chi connectivity index (χ1n) is 10.8. The van der Waals surface area contributed by atoms with E-state index < -0.39 is 37.0 Å². The molecule has 0 spiro atoms. The third kappa shape index (κ3) is 3.43.